The summed E-state index contributed by atoms with van der Waals surface area (Å²) in [4.78, 5) is 0. The van der Waals surface area contributed by atoms with Crippen molar-refractivity contribution in [1.29, 1.82) is 0 Å². The molecule has 0 saturated heterocycles. The highest BCUT2D eigenvalue weighted by Gasteiger charge is 2.17. The van der Waals surface area contributed by atoms with Crippen LogP contribution in [0.25, 0.3) is 12.3 Å². The van der Waals surface area contributed by atoms with Crippen molar-refractivity contribution in [2.24, 2.45) is 0 Å². The first-order chi connectivity index (χ1) is 8.79. The van der Waals surface area contributed by atoms with Gasteiger partial charge in [0.15, 0.2) is 0 Å². The molecule has 92 valence electrons. The number of ether oxygens (including phenoxy) is 1. The zero-order valence-corrected chi connectivity index (χ0v) is 10.7. The van der Waals surface area contributed by atoms with Crippen LogP contribution in [0, 0.1) is 0 Å². The van der Waals surface area contributed by atoms with E-state index in [0.717, 1.165) is 22.0 Å². The second-order valence-corrected chi connectivity index (χ2v) is 4.41. The van der Waals surface area contributed by atoms with E-state index in [2.05, 4.69) is 10.2 Å². The van der Waals surface area contributed by atoms with Crippen LogP contribution in [0.3, 0.4) is 0 Å². The predicted molar refractivity (Wildman–Crippen MR) is 70.7 cm³/mol. The van der Waals surface area contributed by atoms with Gasteiger partial charge >= 0.3 is 6.01 Å². The quantitative estimate of drug-likeness (QED) is 0.712. The normalized spacial score (nSPS) is 12.8. The predicted octanol–water partition coefficient (Wildman–Crippen LogP) is 2.86. The van der Waals surface area contributed by atoms with Gasteiger partial charge in [0, 0.05) is 17.6 Å². The van der Waals surface area contributed by atoms with Gasteiger partial charge in [0.25, 0.3) is 0 Å². The molecule has 18 heavy (non-hydrogen) atoms. The largest absolute Gasteiger partial charge is 0.464 e. The first-order valence-corrected chi connectivity index (χ1v) is 6.19. The summed E-state index contributed by atoms with van der Waals surface area (Å²) >= 11 is 6.23. The third kappa shape index (κ3) is 1.78. The van der Waals surface area contributed by atoms with Gasteiger partial charge < -0.3 is 4.74 Å². The Bertz CT molecular complexity index is 619. The van der Waals surface area contributed by atoms with E-state index in [0.29, 0.717) is 19.0 Å². The smallest absolute Gasteiger partial charge is 0.321 e. The molecule has 0 atom stereocenters. The van der Waals surface area contributed by atoms with Crippen LogP contribution in [-0.2, 0) is 6.42 Å². The van der Waals surface area contributed by atoms with Crippen LogP contribution >= 0.6 is 11.6 Å². The molecule has 4 nitrogen and oxygen atoms in total. The second-order valence-electron chi connectivity index (χ2n) is 4.00. The summed E-state index contributed by atoms with van der Waals surface area (Å²) in [6.07, 6.45) is 4.58. The Hall–Kier alpha value is -1.81. The van der Waals surface area contributed by atoms with Crippen molar-refractivity contribution < 1.29 is 4.74 Å². The fourth-order valence-electron chi connectivity index (χ4n) is 2.04. The first-order valence-electron chi connectivity index (χ1n) is 5.81. The minimum atomic E-state index is 0.521. The summed E-state index contributed by atoms with van der Waals surface area (Å²) in [5, 5.41) is 8.94. The van der Waals surface area contributed by atoms with Crippen LogP contribution in [0.15, 0.2) is 18.2 Å². The summed E-state index contributed by atoms with van der Waals surface area (Å²) in [6, 6.07) is 6.40. The highest BCUT2D eigenvalue weighted by atomic mass is 35.5. The van der Waals surface area contributed by atoms with E-state index in [1.807, 2.05) is 42.0 Å². The van der Waals surface area contributed by atoms with E-state index >= 15 is 0 Å². The number of hydrogen-bond acceptors (Lipinski definition) is 3. The summed E-state index contributed by atoms with van der Waals surface area (Å²) in [5.74, 6) is 0.835. The summed E-state index contributed by atoms with van der Waals surface area (Å²) in [6.45, 7) is 2.49. The number of benzene rings is 1. The monoisotopic (exact) mass is 261 g/mol. The lowest BCUT2D eigenvalue weighted by molar-refractivity contribution is 0.307. The van der Waals surface area contributed by atoms with E-state index in [9.17, 15) is 0 Å². The van der Waals surface area contributed by atoms with E-state index in [1.54, 1.807) is 0 Å². The van der Waals surface area contributed by atoms with Gasteiger partial charge in [-0.05, 0) is 30.2 Å². The number of fused-ring (bicyclic) bond motifs is 2. The van der Waals surface area contributed by atoms with Gasteiger partial charge in [-0.25, -0.2) is 0 Å². The molecule has 0 amide bonds. The van der Waals surface area contributed by atoms with E-state index in [4.69, 9.17) is 16.3 Å². The van der Waals surface area contributed by atoms with Crippen molar-refractivity contribution in [1.82, 2.24) is 14.8 Å². The molecule has 1 aliphatic rings. The fourth-order valence-corrected chi connectivity index (χ4v) is 2.28. The highest BCUT2D eigenvalue weighted by molar-refractivity contribution is 6.31. The molecule has 1 aliphatic heterocycles. The molecule has 0 saturated carbocycles. The average Bonchev–Trinajstić information content (AvgIpc) is 2.63. The zero-order valence-electron chi connectivity index (χ0n) is 9.93. The molecule has 3 rings (SSSR count). The van der Waals surface area contributed by atoms with Crippen LogP contribution in [0.5, 0.6) is 6.01 Å². The van der Waals surface area contributed by atoms with Gasteiger partial charge in [-0.1, -0.05) is 28.8 Å². The van der Waals surface area contributed by atoms with Gasteiger partial charge in [0.1, 0.15) is 5.82 Å². The van der Waals surface area contributed by atoms with E-state index in [-0.39, 0.29) is 0 Å². The average molecular weight is 262 g/mol. The molecule has 0 fully saturated rings. The SMILES string of the molecule is CCOc1nnc2n1C=Cc1cccc(Cl)c1C2. The molecule has 0 bridgehead atoms. The number of rotatable bonds is 2. The minimum Gasteiger partial charge on any atom is -0.464 e. The lowest BCUT2D eigenvalue weighted by atomic mass is 10.1. The maximum absolute atomic E-state index is 6.23. The van der Waals surface area contributed by atoms with Gasteiger partial charge in [0.05, 0.1) is 6.61 Å². The van der Waals surface area contributed by atoms with Gasteiger partial charge in [-0.15, -0.1) is 5.10 Å². The van der Waals surface area contributed by atoms with Gasteiger partial charge in [-0.2, -0.15) is 0 Å². The second kappa shape index (κ2) is 4.46. The fraction of sp³-hybridized carbons (Fsp3) is 0.231. The van der Waals surface area contributed by atoms with E-state index < -0.39 is 0 Å². The minimum absolute atomic E-state index is 0.521. The number of aromatic nitrogens is 3. The van der Waals surface area contributed by atoms with Crippen molar-refractivity contribution in [3.8, 4) is 6.01 Å². The van der Waals surface area contributed by atoms with Crippen molar-refractivity contribution in [2.45, 2.75) is 13.3 Å². The van der Waals surface area contributed by atoms with Crippen molar-refractivity contribution in [3.05, 3.63) is 40.2 Å². The molecule has 1 aromatic heterocycles. The Labute approximate surface area is 110 Å². The molecule has 1 aromatic carbocycles. The van der Waals surface area contributed by atoms with Crippen LogP contribution in [0.4, 0.5) is 0 Å². The maximum atomic E-state index is 6.23. The molecule has 2 aromatic rings. The molecule has 5 heteroatoms. The number of hydrogen-bond donors (Lipinski definition) is 0. The summed E-state index contributed by atoms with van der Waals surface area (Å²) < 4.78 is 7.29. The lowest BCUT2D eigenvalue weighted by Crippen LogP contribution is -2.01. The van der Waals surface area contributed by atoms with Crippen molar-refractivity contribution >= 4 is 23.9 Å². The van der Waals surface area contributed by atoms with Crippen molar-refractivity contribution in [3.63, 3.8) is 0 Å². The summed E-state index contributed by atoms with van der Waals surface area (Å²) in [5.41, 5.74) is 2.18. The molecule has 2 heterocycles. The Morgan fingerprint density at radius 3 is 3.11 bits per heavy atom. The van der Waals surface area contributed by atoms with Crippen molar-refractivity contribution in [2.75, 3.05) is 6.61 Å². The standard InChI is InChI=1S/C13H12ClN3O/c1-2-18-13-16-15-12-8-10-9(6-7-17(12)13)4-3-5-11(10)14/h3-7H,2,8H2,1H3. The Balaban J connectivity index is 2.10. The van der Waals surface area contributed by atoms with Crippen LogP contribution in [0.2, 0.25) is 5.02 Å². The van der Waals surface area contributed by atoms with Crippen LogP contribution < -0.4 is 4.74 Å². The molecule has 0 unspecified atom stereocenters. The van der Waals surface area contributed by atoms with Crippen LogP contribution in [-0.4, -0.2) is 21.4 Å². The van der Waals surface area contributed by atoms with Crippen LogP contribution in [0.1, 0.15) is 23.9 Å². The third-order valence-corrected chi connectivity index (χ3v) is 3.26. The topological polar surface area (TPSA) is 39.9 Å². The maximum Gasteiger partial charge on any atom is 0.321 e. The highest BCUT2D eigenvalue weighted by Crippen LogP contribution is 2.28. The Morgan fingerprint density at radius 1 is 1.39 bits per heavy atom. The number of halogens is 1. The summed E-state index contributed by atoms with van der Waals surface area (Å²) in [7, 11) is 0. The molecule has 0 radical (unpaired) electrons. The lowest BCUT2D eigenvalue weighted by Gasteiger charge is -2.05. The van der Waals surface area contributed by atoms with Gasteiger partial charge in [-0.3, -0.25) is 4.57 Å². The Morgan fingerprint density at radius 2 is 2.28 bits per heavy atom. The molecular weight excluding hydrogens is 250 g/mol. The first kappa shape index (κ1) is 11.3. The number of nitrogens with zero attached hydrogens (tertiary/aromatic N) is 3. The molecular formula is C13H12ClN3O. The zero-order chi connectivity index (χ0) is 12.5. The Kier molecular flexibility index (Phi) is 2.80. The molecule has 0 N–H and O–H groups in total. The molecule has 0 spiro atoms. The van der Waals surface area contributed by atoms with E-state index in [1.165, 1.54) is 0 Å². The molecule has 0 aliphatic carbocycles. The third-order valence-electron chi connectivity index (χ3n) is 2.90. The van der Waals surface area contributed by atoms with Gasteiger partial charge in [0.2, 0.25) is 0 Å².